The monoisotopic (exact) mass is 380 g/mol. The van der Waals surface area contributed by atoms with Crippen LogP contribution in [0.15, 0.2) is 36.4 Å². The van der Waals surface area contributed by atoms with Crippen LogP contribution in [0.3, 0.4) is 0 Å². The van der Waals surface area contributed by atoms with Crippen LogP contribution in [0.25, 0.3) is 0 Å². The first-order valence-electron chi connectivity index (χ1n) is 9.17. The Morgan fingerprint density at radius 1 is 1.15 bits per heavy atom. The first-order chi connectivity index (χ1) is 11.9. The van der Waals surface area contributed by atoms with Crippen molar-refractivity contribution >= 4 is 8.32 Å². The van der Waals surface area contributed by atoms with Crippen LogP contribution in [-0.4, -0.2) is 39.3 Å². The summed E-state index contributed by atoms with van der Waals surface area (Å²) < 4.78 is 17.4. The molecule has 0 aliphatic heterocycles. The standard InChI is InChI=1S/C21H36O4Si/c1-15(2)20(25-26(8,9)21(4,5)6)19(22)16(3)14-24-18-12-10-17(23-7)11-13-18/h10-13,16,19-20,22H,1,14H2,2-9H3/t16-,19-,20-/m1/s1. The maximum atomic E-state index is 10.9. The van der Waals surface area contributed by atoms with Crippen molar-refractivity contribution in [3.8, 4) is 11.5 Å². The number of hydrogen-bond acceptors (Lipinski definition) is 4. The summed E-state index contributed by atoms with van der Waals surface area (Å²) in [6, 6.07) is 7.43. The molecular formula is C21H36O4Si. The van der Waals surface area contributed by atoms with Crippen LogP contribution in [0.5, 0.6) is 11.5 Å². The van der Waals surface area contributed by atoms with E-state index in [0.29, 0.717) is 6.61 Å². The Balaban J connectivity index is 2.75. The molecule has 0 aliphatic rings. The second kappa shape index (κ2) is 9.06. The molecule has 0 aliphatic carbocycles. The topological polar surface area (TPSA) is 47.9 Å². The number of aliphatic hydroxyl groups excluding tert-OH is 1. The minimum Gasteiger partial charge on any atom is -0.497 e. The Labute approximate surface area is 160 Å². The van der Waals surface area contributed by atoms with E-state index in [1.54, 1.807) is 7.11 Å². The molecule has 0 saturated carbocycles. The first-order valence-corrected chi connectivity index (χ1v) is 12.1. The molecule has 0 radical (unpaired) electrons. The van der Waals surface area contributed by atoms with E-state index in [2.05, 4.69) is 40.4 Å². The molecule has 0 heterocycles. The third-order valence-electron chi connectivity index (χ3n) is 5.18. The number of methoxy groups -OCH3 is 1. The zero-order chi connectivity index (χ0) is 20.1. The summed E-state index contributed by atoms with van der Waals surface area (Å²) in [5.74, 6) is 1.45. The second-order valence-electron chi connectivity index (χ2n) is 8.60. The fraction of sp³-hybridized carbons (Fsp3) is 0.619. The molecule has 1 N–H and O–H groups in total. The highest BCUT2D eigenvalue weighted by Gasteiger charge is 2.41. The number of rotatable bonds is 9. The van der Waals surface area contributed by atoms with Crippen LogP contribution in [0.1, 0.15) is 34.6 Å². The van der Waals surface area contributed by atoms with Gasteiger partial charge in [0, 0.05) is 5.92 Å². The van der Waals surface area contributed by atoms with Crippen molar-refractivity contribution in [1.29, 1.82) is 0 Å². The molecule has 0 saturated heterocycles. The van der Waals surface area contributed by atoms with E-state index in [1.165, 1.54) is 0 Å². The van der Waals surface area contributed by atoms with E-state index in [-0.39, 0.29) is 17.1 Å². The van der Waals surface area contributed by atoms with Gasteiger partial charge >= 0.3 is 0 Å². The van der Waals surface area contributed by atoms with E-state index < -0.39 is 14.4 Å². The molecular weight excluding hydrogens is 344 g/mol. The Bertz CT molecular complexity index is 575. The quantitative estimate of drug-likeness (QED) is 0.482. The van der Waals surface area contributed by atoms with Crippen molar-refractivity contribution in [3.63, 3.8) is 0 Å². The average Bonchev–Trinajstić information content (AvgIpc) is 2.56. The summed E-state index contributed by atoms with van der Waals surface area (Å²) >= 11 is 0. The van der Waals surface area contributed by atoms with Gasteiger partial charge in [-0.1, -0.05) is 39.8 Å². The van der Waals surface area contributed by atoms with Gasteiger partial charge in [-0.2, -0.15) is 0 Å². The van der Waals surface area contributed by atoms with Gasteiger partial charge in [-0.15, -0.1) is 0 Å². The summed E-state index contributed by atoms with van der Waals surface area (Å²) in [4.78, 5) is 0. The van der Waals surface area contributed by atoms with Crippen LogP contribution in [0, 0.1) is 5.92 Å². The van der Waals surface area contributed by atoms with Crippen LogP contribution < -0.4 is 9.47 Å². The second-order valence-corrected chi connectivity index (χ2v) is 13.4. The molecule has 148 valence electrons. The van der Waals surface area contributed by atoms with Crippen LogP contribution in [-0.2, 0) is 4.43 Å². The molecule has 0 amide bonds. The molecule has 3 atom stereocenters. The lowest BCUT2D eigenvalue weighted by Crippen LogP contribution is -2.49. The highest BCUT2D eigenvalue weighted by Crippen LogP contribution is 2.38. The molecule has 1 aromatic rings. The van der Waals surface area contributed by atoms with Gasteiger partial charge in [-0.05, 0) is 49.3 Å². The van der Waals surface area contributed by atoms with E-state index in [9.17, 15) is 5.11 Å². The Morgan fingerprint density at radius 2 is 1.65 bits per heavy atom. The highest BCUT2D eigenvalue weighted by atomic mass is 28.4. The van der Waals surface area contributed by atoms with Gasteiger partial charge in [-0.3, -0.25) is 0 Å². The van der Waals surface area contributed by atoms with Gasteiger partial charge < -0.3 is 19.0 Å². The van der Waals surface area contributed by atoms with Crippen molar-refractivity contribution < 1.29 is 19.0 Å². The molecule has 0 aromatic heterocycles. The number of ether oxygens (including phenoxy) is 2. The van der Waals surface area contributed by atoms with Crippen molar-refractivity contribution in [2.24, 2.45) is 5.92 Å². The Hall–Kier alpha value is -1.30. The summed E-state index contributed by atoms with van der Waals surface area (Å²) in [5.41, 5.74) is 0.846. The Morgan fingerprint density at radius 3 is 2.08 bits per heavy atom. The smallest absolute Gasteiger partial charge is 0.193 e. The summed E-state index contributed by atoms with van der Waals surface area (Å²) in [7, 11) is -0.379. The lowest BCUT2D eigenvalue weighted by atomic mass is 9.97. The fourth-order valence-electron chi connectivity index (χ4n) is 2.25. The molecule has 1 rings (SSSR count). The molecule has 0 unspecified atom stereocenters. The highest BCUT2D eigenvalue weighted by molar-refractivity contribution is 6.74. The SMILES string of the molecule is C=C(C)[C@@H](O[Si](C)(C)C(C)(C)C)[C@H](O)[C@H](C)COc1ccc(OC)cc1. The van der Waals surface area contributed by atoms with Crippen molar-refractivity contribution in [2.75, 3.05) is 13.7 Å². The summed E-state index contributed by atoms with van der Waals surface area (Å²) in [6.07, 6.45) is -1.05. The number of hydrogen-bond donors (Lipinski definition) is 1. The fourth-order valence-corrected chi connectivity index (χ4v) is 3.58. The van der Waals surface area contributed by atoms with Crippen LogP contribution >= 0.6 is 0 Å². The van der Waals surface area contributed by atoms with Crippen LogP contribution in [0.2, 0.25) is 18.1 Å². The van der Waals surface area contributed by atoms with E-state index >= 15 is 0 Å². The average molecular weight is 381 g/mol. The molecule has 0 bridgehead atoms. The molecule has 0 spiro atoms. The van der Waals surface area contributed by atoms with Crippen molar-refractivity contribution in [3.05, 3.63) is 36.4 Å². The van der Waals surface area contributed by atoms with E-state index in [1.807, 2.05) is 38.1 Å². The first kappa shape index (κ1) is 22.7. The predicted octanol–water partition coefficient (Wildman–Crippen LogP) is 5.04. The van der Waals surface area contributed by atoms with Gasteiger partial charge in [0.25, 0.3) is 0 Å². The van der Waals surface area contributed by atoms with Gasteiger partial charge in [-0.25, -0.2) is 0 Å². The van der Waals surface area contributed by atoms with E-state index in [4.69, 9.17) is 13.9 Å². The summed E-state index contributed by atoms with van der Waals surface area (Å²) in [5, 5.41) is 10.9. The minimum atomic E-state index is -2.01. The van der Waals surface area contributed by atoms with Crippen molar-refractivity contribution in [1.82, 2.24) is 0 Å². The van der Waals surface area contributed by atoms with E-state index in [0.717, 1.165) is 17.1 Å². The van der Waals surface area contributed by atoms with Gasteiger partial charge in [0.2, 0.25) is 0 Å². The largest absolute Gasteiger partial charge is 0.497 e. The molecule has 0 fully saturated rings. The number of aliphatic hydroxyl groups is 1. The third-order valence-corrected chi connectivity index (χ3v) is 9.63. The summed E-state index contributed by atoms with van der Waals surface area (Å²) in [6.45, 7) is 19.3. The lowest BCUT2D eigenvalue weighted by molar-refractivity contribution is 0.000145. The lowest BCUT2D eigenvalue weighted by Gasteiger charge is -2.41. The normalized spacial score (nSPS) is 15.9. The number of benzene rings is 1. The zero-order valence-corrected chi connectivity index (χ0v) is 18.6. The maximum absolute atomic E-state index is 10.9. The van der Waals surface area contributed by atoms with Gasteiger partial charge in [0.1, 0.15) is 11.5 Å². The molecule has 1 aromatic carbocycles. The zero-order valence-electron chi connectivity index (χ0n) is 17.6. The van der Waals surface area contributed by atoms with Crippen LogP contribution in [0.4, 0.5) is 0 Å². The maximum Gasteiger partial charge on any atom is 0.193 e. The predicted molar refractivity (Wildman–Crippen MR) is 111 cm³/mol. The van der Waals surface area contributed by atoms with Gasteiger partial charge in [0.05, 0.1) is 25.9 Å². The molecule has 4 nitrogen and oxygen atoms in total. The molecule has 26 heavy (non-hydrogen) atoms. The van der Waals surface area contributed by atoms with Gasteiger partial charge in [0.15, 0.2) is 8.32 Å². The Kier molecular flexibility index (Phi) is 7.93. The minimum absolute atomic E-state index is 0.0727. The molecule has 5 heteroatoms. The van der Waals surface area contributed by atoms with Crippen molar-refractivity contribution in [2.45, 2.75) is 65.0 Å². The third kappa shape index (κ3) is 6.15.